The van der Waals surface area contributed by atoms with Crippen molar-refractivity contribution in [3.8, 4) is 6.07 Å². The maximum absolute atomic E-state index is 8.39. The van der Waals surface area contributed by atoms with Crippen LogP contribution >= 0.6 is 11.3 Å². The predicted octanol–water partition coefficient (Wildman–Crippen LogP) is 3.01. The number of rotatable bonds is 4. The quantitative estimate of drug-likeness (QED) is 0.801. The number of aromatic nitrogens is 1. The second-order valence-corrected chi connectivity index (χ2v) is 4.11. The van der Waals surface area contributed by atoms with Crippen molar-refractivity contribution >= 4 is 27.2 Å². The normalized spacial score (nSPS) is 10.1. The van der Waals surface area contributed by atoms with Crippen LogP contribution in [0.2, 0.25) is 0 Å². The number of nitrogens with one attached hydrogen (secondary N) is 1. The van der Waals surface area contributed by atoms with Gasteiger partial charge in [0, 0.05) is 18.7 Å². The molecule has 0 amide bonds. The van der Waals surface area contributed by atoms with Crippen molar-refractivity contribution in [1.29, 1.82) is 5.26 Å². The highest BCUT2D eigenvalue weighted by atomic mass is 32.1. The van der Waals surface area contributed by atoms with E-state index >= 15 is 0 Å². The predicted molar refractivity (Wildman–Crippen MR) is 63.0 cm³/mol. The minimum absolute atomic E-state index is 0.607. The lowest BCUT2D eigenvalue weighted by molar-refractivity contribution is 0.898. The first-order valence-corrected chi connectivity index (χ1v) is 5.72. The van der Waals surface area contributed by atoms with Crippen molar-refractivity contribution in [2.45, 2.75) is 12.8 Å². The lowest BCUT2D eigenvalue weighted by Gasteiger charge is -2.03. The average molecular weight is 217 g/mol. The van der Waals surface area contributed by atoms with Gasteiger partial charge in [0.05, 0.1) is 21.8 Å². The number of benzene rings is 1. The van der Waals surface area contributed by atoms with E-state index in [0.29, 0.717) is 6.42 Å². The summed E-state index contributed by atoms with van der Waals surface area (Å²) < 4.78 is 1.19. The number of fused-ring (bicyclic) bond motifs is 1. The molecule has 2 rings (SSSR count). The Labute approximate surface area is 92.4 Å². The van der Waals surface area contributed by atoms with Crippen LogP contribution in [-0.4, -0.2) is 11.5 Å². The highest BCUT2D eigenvalue weighted by Crippen LogP contribution is 2.21. The van der Waals surface area contributed by atoms with Crippen molar-refractivity contribution in [3.63, 3.8) is 0 Å². The average Bonchev–Trinajstić information content (AvgIpc) is 2.71. The number of hydrogen-bond donors (Lipinski definition) is 1. The molecule has 0 radical (unpaired) electrons. The number of hydrogen-bond acceptors (Lipinski definition) is 4. The first-order chi connectivity index (χ1) is 7.40. The summed E-state index contributed by atoms with van der Waals surface area (Å²) in [5.74, 6) is 0. The Kier molecular flexibility index (Phi) is 3.15. The summed E-state index contributed by atoms with van der Waals surface area (Å²) in [4.78, 5) is 4.22. The molecule has 0 aliphatic carbocycles. The monoisotopic (exact) mass is 217 g/mol. The molecule has 0 fully saturated rings. The van der Waals surface area contributed by atoms with Gasteiger partial charge in [0.2, 0.25) is 0 Å². The van der Waals surface area contributed by atoms with Crippen molar-refractivity contribution in [3.05, 3.63) is 23.7 Å². The fourth-order valence-electron chi connectivity index (χ4n) is 1.37. The molecule has 1 aromatic carbocycles. The van der Waals surface area contributed by atoms with E-state index < -0.39 is 0 Å². The third kappa shape index (κ3) is 2.45. The van der Waals surface area contributed by atoms with Gasteiger partial charge in [-0.15, -0.1) is 11.3 Å². The van der Waals surface area contributed by atoms with Gasteiger partial charge in [-0.2, -0.15) is 5.26 Å². The van der Waals surface area contributed by atoms with E-state index in [2.05, 4.69) is 22.4 Å². The molecule has 0 saturated heterocycles. The van der Waals surface area contributed by atoms with Crippen LogP contribution in [0, 0.1) is 11.3 Å². The lowest BCUT2D eigenvalue weighted by atomic mass is 10.3. The van der Waals surface area contributed by atoms with Crippen molar-refractivity contribution in [2.24, 2.45) is 0 Å². The Hall–Kier alpha value is -1.60. The summed E-state index contributed by atoms with van der Waals surface area (Å²) in [6.45, 7) is 0.845. The molecule has 0 aliphatic heterocycles. The smallest absolute Gasteiger partial charge is 0.0813 e. The molecule has 3 nitrogen and oxygen atoms in total. The molecule has 0 unspecified atom stereocenters. The van der Waals surface area contributed by atoms with Crippen LogP contribution in [0.25, 0.3) is 10.2 Å². The van der Waals surface area contributed by atoms with E-state index in [4.69, 9.17) is 5.26 Å². The second kappa shape index (κ2) is 4.76. The third-order valence-electron chi connectivity index (χ3n) is 2.13. The van der Waals surface area contributed by atoms with Crippen LogP contribution in [0.15, 0.2) is 23.7 Å². The van der Waals surface area contributed by atoms with E-state index in [1.165, 1.54) is 4.70 Å². The van der Waals surface area contributed by atoms with Gasteiger partial charge in [0.25, 0.3) is 0 Å². The van der Waals surface area contributed by atoms with E-state index in [-0.39, 0.29) is 0 Å². The molecule has 0 bridgehead atoms. The summed E-state index contributed by atoms with van der Waals surface area (Å²) >= 11 is 1.64. The van der Waals surface area contributed by atoms with Gasteiger partial charge in [-0.3, -0.25) is 0 Å². The number of anilines is 1. The minimum Gasteiger partial charge on any atom is -0.385 e. The molecule has 0 saturated carbocycles. The van der Waals surface area contributed by atoms with Crippen LogP contribution < -0.4 is 5.32 Å². The van der Waals surface area contributed by atoms with Gasteiger partial charge in [0.15, 0.2) is 0 Å². The van der Waals surface area contributed by atoms with Crippen LogP contribution in [0.3, 0.4) is 0 Å². The highest BCUT2D eigenvalue weighted by Gasteiger charge is 1.97. The fraction of sp³-hybridized carbons (Fsp3) is 0.273. The van der Waals surface area contributed by atoms with Gasteiger partial charge >= 0.3 is 0 Å². The van der Waals surface area contributed by atoms with Crippen molar-refractivity contribution < 1.29 is 0 Å². The third-order valence-corrected chi connectivity index (χ3v) is 2.92. The largest absolute Gasteiger partial charge is 0.385 e. The maximum atomic E-state index is 8.39. The Bertz CT molecular complexity index is 484. The number of thiazole rings is 1. The first kappa shape index (κ1) is 9.94. The zero-order valence-electron chi connectivity index (χ0n) is 8.23. The first-order valence-electron chi connectivity index (χ1n) is 4.84. The molecular weight excluding hydrogens is 206 g/mol. The molecule has 76 valence electrons. The topological polar surface area (TPSA) is 48.7 Å². The van der Waals surface area contributed by atoms with E-state index in [1.807, 2.05) is 17.6 Å². The fourth-order valence-corrected chi connectivity index (χ4v) is 2.08. The minimum atomic E-state index is 0.607. The molecule has 0 spiro atoms. The van der Waals surface area contributed by atoms with Crippen molar-refractivity contribution in [2.75, 3.05) is 11.9 Å². The standard InChI is InChI=1S/C11H11N3S/c12-5-1-2-6-13-9-3-4-10-11(7-9)15-8-14-10/h3-4,7-8,13H,1-2,6H2. The zero-order chi connectivity index (χ0) is 10.5. The molecule has 1 heterocycles. The molecule has 0 atom stereocenters. The molecule has 1 N–H and O–H groups in total. The van der Waals surface area contributed by atoms with Crippen LogP contribution in [0.5, 0.6) is 0 Å². The second-order valence-electron chi connectivity index (χ2n) is 3.22. The van der Waals surface area contributed by atoms with Gasteiger partial charge in [0.1, 0.15) is 0 Å². The summed E-state index contributed by atoms with van der Waals surface area (Å²) in [6.07, 6.45) is 1.49. The summed E-state index contributed by atoms with van der Waals surface area (Å²) in [5.41, 5.74) is 4.00. The molecule has 4 heteroatoms. The van der Waals surface area contributed by atoms with E-state index in [1.54, 1.807) is 11.3 Å². The Morgan fingerprint density at radius 2 is 2.40 bits per heavy atom. The SMILES string of the molecule is N#CCCCNc1ccc2ncsc2c1. The van der Waals surface area contributed by atoms with E-state index in [9.17, 15) is 0 Å². The zero-order valence-corrected chi connectivity index (χ0v) is 9.05. The van der Waals surface area contributed by atoms with E-state index in [0.717, 1.165) is 24.2 Å². The van der Waals surface area contributed by atoms with Crippen LogP contribution in [0.4, 0.5) is 5.69 Å². The van der Waals surface area contributed by atoms with Crippen LogP contribution in [0.1, 0.15) is 12.8 Å². The summed E-state index contributed by atoms with van der Waals surface area (Å²) in [7, 11) is 0. The maximum Gasteiger partial charge on any atom is 0.0813 e. The lowest BCUT2D eigenvalue weighted by Crippen LogP contribution is -2.00. The van der Waals surface area contributed by atoms with Gasteiger partial charge in [-0.1, -0.05) is 0 Å². The Morgan fingerprint density at radius 1 is 1.47 bits per heavy atom. The highest BCUT2D eigenvalue weighted by molar-refractivity contribution is 7.16. The number of nitriles is 1. The Morgan fingerprint density at radius 3 is 3.27 bits per heavy atom. The summed E-state index contributed by atoms with van der Waals surface area (Å²) in [5, 5.41) is 11.7. The van der Waals surface area contributed by atoms with Gasteiger partial charge in [-0.05, 0) is 24.6 Å². The molecule has 2 aromatic rings. The molecule has 15 heavy (non-hydrogen) atoms. The molecular formula is C11H11N3S. The van der Waals surface area contributed by atoms with Gasteiger partial charge < -0.3 is 5.32 Å². The Balaban J connectivity index is 1.99. The summed E-state index contributed by atoms with van der Waals surface area (Å²) in [6, 6.07) is 8.26. The number of nitrogens with zero attached hydrogens (tertiary/aromatic N) is 2. The van der Waals surface area contributed by atoms with Crippen LogP contribution in [-0.2, 0) is 0 Å². The molecule has 1 aromatic heterocycles. The van der Waals surface area contributed by atoms with Crippen molar-refractivity contribution in [1.82, 2.24) is 4.98 Å². The molecule has 0 aliphatic rings. The van der Waals surface area contributed by atoms with Gasteiger partial charge in [-0.25, -0.2) is 4.98 Å². The number of unbranched alkanes of at least 4 members (excludes halogenated alkanes) is 1.